The molecule has 4 rings (SSSR count). The molecule has 1 heterocycles. The molecule has 0 radical (unpaired) electrons. The van der Waals surface area contributed by atoms with Gasteiger partial charge in [-0.15, -0.1) is 0 Å². The van der Waals surface area contributed by atoms with Gasteiger partial charge in [0.1, 0.15) is 18.8 Å². The van der Waals surface area contributed by atoms with Crippen LogP contribution in [0.2, 0.25) is 0 Å². The highest BCUT2D eigenvalue weighted by atomic mass is 16.5. The zero-order valence-corrected chi connectivity index (χ0v) is 18.4. The number of benzene rings is 2. The van der Waals surface area contributed by atoms with Gasteiger partial charge < -0.3 is 29.7 Å². The van der Waals surface area contributed by atoms with E-state index in [0.717, 1.165) is 22.3 Å². The quantitative estimate of drug-likeness (QED) is 0.484. The summed E-state index contributed by atoms with van der Waals surface area (Å²) in [5.74, 6) is 0.379. The first kappa shape index (κ1) is 22.6. The van der Waals surface area contributed by atoms with Gasteiger partial charge >= 0.3 is 6.09 Å². The van der Waals surface area contributed by atoms with E-state index in [0.29, 0.717) is 5.88 Å². The Labute approximate surface area is 191 Å². The van der Waals surface area contributed by atoms with Gasteiger partial charge in [-0.25, -0.2) is 4.79 Å². The Bertz CT molecular complexity index is 1090. The molecular formula is C25H26N2O6. The maximum Gasteiger partial charge on any atom is 0.407 e. The molecule has 0 saturated heterocycles. The van der Waals surface area contributed by atoms with E-state index in [9.17, 15) is 15.0 Å². The van der Waals surface area contributed by atoms with E-state index in [1.54, 1.807) is 12.1 Å². The molecule has 1 aliphatic rings. The number of fused-ring (bicyclic) bond motifs is 3. The molecule has 1 aromatic heterocycles. The summed E-state index contributed by atoms with van der Waals surface area (Å²) in [7, 11) is 2.87. The maximum atomic E-state index is 12.3. The van der Waals surface area contributed by atoms with Crippen molar-refractivity contribution in [2.75, 3.05) is 27.4 Å². The number of hydrogen-bond donors (Lipinski definition) is 3. The van der Waals surface area contributed by atoms with Crippen molar-refractivity contribution in [1.29, 1.82) is 0 Å². The normalized spacial score (nSPS) is 14.1. The Morgan fingerprint density at radius 3 is 2.21 bits per heavy atom. The Balaban J connectivity index is 1.35. The van der Waals surface area contributed by atoms with E-state index in [1.165, 1.54) is 14.2 Å². The van der Waals surface area contributed by atoms with E-state index in [4.69, 9.17) is 14.2 Å². The lowest BCUT2D eigenvalue weighted by atomic mass is 9.98. The van der Waals surface area contributed by atoms with Crippen LogP contribution in [0.3, 0.4) is 0 Å². The summed E-state index contributed by atoms with van der Waals surface area (Å²) in [6, 6.07) is 19.2. The highest BCUT2D eigenvalue weighted by Gasteiger charge is 2.29. The van der Waals surface area contributed by atoms with Gasteiger partial charge in [-0.3, -0.25) is 0 Å². The maximum absolute atomic E-state index is 12.3. The predicted molar refractivity (Wildman–Crippen MR) is 121 cm³/mol. The minimum atomic E-state index is -1.33. The van der Waals surface area contributed by atoms with Crippen LogP contribution in [0.5, 0.6) is 11.8 Å². The third kappa shape index (κ3) is 4.62. The Morgan fingerprint density at radius 2 is 1.61 bits per heavy atom. The number of nitrogens with zero attached hydrogens (tertiary/aromatic N) is 1. The smallest absolute Gasteiger partial charge is 0.407 e. The van der Waals surface area contributed by atoms with Crippen LogP contribution in [0.4, 0.5) is 4.79 Å². The van der Waals surface area contributed by atoms with Gasteiger partial charge in [0, 0.05) is 24.1 Å². The second-order valence-corrected chi connectivity index (χ2v) is 7.67. The van der Waals surface area contributed by atoms with Gasteiger partial charge in [0.05, 0.1) is 14.2 Å². The molecule has 8 heteroatoms. The number of aliphatic hydroxyl groups is 2. The van der Waals surface area contributed by atoms with Crippen molar-refractivity contribution in [2.24, 2.45) is 0 Å². The minimum Gasteiger partial charge on any atom is -0.481 e. The van der Waals surface area contributed by atoms with Gasteiger partial charge in [-0.1, -0.05) is 48.5 Å². The largest absolute Gasteiger partial charge is 0.481 e. The van der Waals surface area contributed by atoms with Crippen molar-refractivity contribution in [3.05, 3.63) is 77.4 Å². The van der Waals surface area contributed by atoms with E-state index in [1.807, 2.05) is 36.4 Å². The van der Waals surface area contributed by atoms with E-state index < -0.39 is 18.3 Å². The van der Waals surface area contributed by atoms with E-state index in [-0.39, 0.29) is 30.5 Å². The van der Waals surface area contributed by atoms with E-state index in [2.05, 4.69) is 22.4 Å². The number of aromatic nitrogens is 1. The highest BCUT2D eigenvalue weighted by molar-refractivity contribution is 5.79. The molecule has 0 spiro atoms. The summed E-state index contributed by atoms with van der Waals surface area (Å²) in [4.78, 5) is 16.4. The van der Waals surface area contributed by atoms with Gasteiger partial charge in [-0.2, -0.15) is 4.98 Å². The highest BCUT2D eigenvalue weighted by Crippen LogP contribution is 2.44. The third-order valence-corrected chi connectivity index (χ3v) is 5.75. The van der Waals surface area contributed by atoms with Crippen LogP contribution in [0.15, 0.2) is 60.7 Å². The number of ether oxygens (including phenoxy) is 3. The van der Waals surface area contributed by atoms with Gasteiger partial charge in [0.25, 0.3) is 0 Å². The van der Waals surface area contributed by atoms with Gasteiger partial charge in [0.2, 0.25) is 11.8 Å². The summed E-state index contributed by atoms with van der Waals surface area (Å²) in [6.45, 7) is -0.0538. The topological polar surface area (TPSA) is 110 Å². The van der Waals surface area contributed by atoms with Crippen LogP contribution in [0.25, 0.3) is 11.1 Å². The number of hydrogen-bond acceptors (Lipinski definition) is 7. The molecule has 0 fully saturated rings. The number of nitrogens with one attached hydrogen (secondary N) is 1. The second kappa shape index (κ2) is 9.89. The molecule has 172 valence electrons. The fraction of sp³-hybridized carbons (Fsp3) is 0.280. The minimum absolute atomic E-state index is 0.0618. The Morgan fingerprint density at radius 1 is 0.970 bits per heavy atom. The average Bonchev–Trinajstić information content (AvgIpc) is 3.18. The van der Waals surface area contributed by atoms with Crippen molar-refractivity contribution in [1.82, 2.24) is 10.3 Å². The molecule has 8 nitrogen and oxygen atoms in total. The van der Waals surface area contributed by atoms with Crippen LogP contribution in [-0.2, 0) is 4.74 Å². The molecule has 3 N–H and O–H groups in total. The monoisotopic (exact) mass is 450 g/mol. The van der Waals surface area contributed by atoms with Crippen LogP contribution in [0, 0.1) is 0 Å². The summed E-state index contributed by atoms with van der Waals surface area (Å²) in [5, 5.41) is 23.4. The van der Waals surface area contributed by atoms with Gasteiger partial charge in [0.15, 0.2) is 0 Å². The molecule has 1 aliphatic carbocycles. The Kier molecular flexibility index (Phi) is 6.76. The van der Waals surface area contributed by atoms with Crippen molar-refractivity contribution in [3.63, 3.8) is 0 Å². The number of methoxy groups -OCH3 is 2. The summed E-state index contributed by atoms with van der Waals surface area (Å²) < 4.78 is 15.7. The fourth-order valence-electron chi connectivity index (χ4n) is 4.09. The SMILES string of the molecule is COc1ccc(C(O)C(O)CNC(=O)OCC2c3ccccc3-c3ccccc32)c(OC)n1. The molecule has 0 aliphatic heterocycles. The summed E-state index contributed by atoms with van der Waals surface area (Å²) >= 11 is 0. The number of alkyl carbamates (subject to hydrolysis) is 1. The average molecular weight is 450 g/mol. The number of amides is 1. The molecule has 2 aromatic carbocycles. The number of rotatable bonds is 8. The summed E-state index contributed by atoms with van der Waals surface area (Å²) in [5.41, 5.74) is 4.78. The first-order chi connectivity index (χ1) is 16.0. The molecule has 0 saturated carbocycles. The molecular weight excluding hydrogens is 424 g/mol. The standard InChI is InChI=1S/C25H26N2O6/c1-31-22-12-11-19(24(27-22)32-2)23(29)21(28)13-26-25(30)33-14-20-17-9-5-3-7-15(17)16-8-4-6-10-18(16)20/h3-12,20-21,23,28-29H,13-14H2,1-2H3,(H,26,30). The third-order valence-electron chi connectivity index (χ3n) is 5.75. The predicted octanol–water partition coefficient (Wildman–Crippen LogP) is 3.03. The molecule has 33 heavy (non-hydrogen) atoms. The lowest BCUT2D eigenvalue weighted by Gasteiger charge is -2.20. The van der Waals surface area contributed by atoms with Crippen LogP contribution < -0.4 is 14.8 Å². The van der Waals surface area contributed by atoms with Crippen molar-refractivity contribution < 1.29 is 29.2 Å². The Hall–Kier alpha value is -3.62. The molecule has 2 atom stereocenters. The lowest BCUT2D eigenvalue weighted by molar-refractivity contribution is 0.0168. The van der Waals surface area contributed by atoms with Crippen LogP contribution in [-0.4, -0.2) is 54.8 Å². The number of aliphatic hydroxyl groups excluding tert-OH is 2. The van der Waals surface area contributed by atoms with Crippen molar-refractivity contribution in [2.45, 2.75) is 18.1 Å². The van der Waals surface area contributed by atoms with Crippen molar-refractivity contribution >= 4 is 6.09 Å². The summed E-state index contributed by atoms with van der Waals surface area (Å²) in [6.07, 6.45) is -3.30. The first-order valence-corrected chi connectivity index (χ1v) is 10.6. The first-order valence-electron chi connectivity index (χ1n) is 10.6. The van der Waals surface area contributed by atoms with Crippen molar-refractivity contribution in [3.8, 4) is 22.9 Å². The zero-order chi connectivity index (χ0) is 23.4. The molecule has 1 amide bonds. The lowest BCUT2D eigenvalue weighted by Crippen LogP contribution is -2.36. The molecule has 3 aromatic rings. The number of carbonyl (C=O) groups excluding carboxylic acids is 1. The number of carbonyl (C=O) groups is 1. The van der Waals surface area contributed by atoms with Crippen LogP contribution in [0.1, 0.15) is 28.7 Å². The number of pyridine rings is 1. The van der Waals surface area contributed by atoms with Gasteiger partial charge in [-0.05, 0) is 28.3 Å². The second-order valence-electron chi connectivity index (χ2n) is 7.67. The molecule has 0 bridgehead atoms. The zero-order valence-electron chi connectivity index (χ0n) is 18.4. The molecule has 2 unspecified atom stereocenters. The fourth-order valence-corrected chi connectivity index (χ4v) is 4.09. The van der Waals surface area contributed by atoms with Crippen LogP contribution >= 0.6 is 0 Å². The van der Waals surface area contributed by atoms with E-state index >= 15 is 0 Å².